The van der Waals surface area contributed by atoms with Crippen molar-refractivity contribution in [3.05, 3.63) is 0 Å². The molecule has 0 amide bonds. The van der Waals surface area contributed by atoms with Gasteiger partial charge in [-0.2, -0.15) is 18.4 Å². The van der Waals surface area contributed by atoms with Gasteiger partial charge in [-0.15, -0.1) is 0 Å². The van der Waals surface area contributed by atoms with Gasteiger partial charge in [0.2, 0.25) is 0 Å². The van der Waals surface area contributed by atoms with Gasteiger partial charge >= 0.3 is 6.18 Å². The molecule has 76 valence electrons. The topological polar surface area (TPSA) is 57.9 Å². The fourth-order valence-electron chi connectivity index (χ4n) is 0.663. The Balaban J connectivity index is 3.86. The number of nitriles is 1. The van der Waals surface area contributed by atoms with E-state index in [9.17, 15) is 21.6 Å². The zero-order valence-electron chi connectivity index (χ0n) is 6.63. The Labute approximate surface area is 74.1 Å². The van der Waals surface area contributed by atoms with Gasteiger partial charge in [0.1, 0.15) is 5.75 Å². The van der Waals surface area contributed by atoms with Crippen molar-refractivity contribution in [3.8, 4) is 6.07 Å². The maximum atomic E-state index is 11.6. The number of nitrogens with zero attached hydrogens (tertiary/aromatic N) is 1. The lowest BCUT2D eigenvalue weighted by molar-refractivity contribution is -0.134. The third-order valence-corrected chi connectivity index (χ3v) is 2.68. The van der Waals surface area contributed by atoms with E-state index in [2.05, 4.69) is 0 Å². The highest BCUT2D eigenvalue weighted by Gasteiger charge is 2.27. The Kier molecular flexibility index (Phi) is 4.20. The number of hydrogen-bond acceptors (Lipinski definition) is 3. The number of alkyl halides is 3. The molecule has 0 rings (SSSR count). The monoisotopic (exact) mass is 215 g/mol. The standard InChI is InChI=1S/C6H8F3NO2S/c7-6(8,9)2-1-4-13(11,12)5-3-10/h1-2,4-5H2. The Hall–Kier alpha value is -0.770. The van der Waals surface area contributed by atoms with Crippen LogP contribution in [0, 0.1) is 11.3 Å². The van der Waals surface area contributed by atoms with Gasteiger partial charge in [-0.05, 0) is 6.42 Å². The fourth-order valence-corrected chi connectivity index (χ4v) is 1.59. The van der Waals surface area contributed by atoms with Crippen molar-refractivity contribution in [1.29, 1.82) is 5.26 Å². The van der Waals surface area contributed by atoms with Gasteiger partial charge in [-0.25, -0.2) is 8.42 Å². The van der Waals surface area contributed by atoms with Crippen molar-refractivity contribution in [2.75, 3.05) is 11.5 Å². The minimum atomic E-state index is -4.33. The van der Waals surface area contributed by atoms with E-state index < -0.39 is 40.4 Å². The van der Waals surface area contributed by atoms with Crippen LogP contribution in [0.1, 0.15) is 12.8 Å². The average Bonchev–Trinajstić information content (AvgIpc) is 1.82. The molecule has 0 aliphatic heterocycles. The Morgan fingerprint density at radius 1 is 1.31 bits per heavy atom. The lowest BCUT2D eigenvalue weighted by Gasteiger charge is -2.04. The molecule has 0 spiro atoms. The molecule has 0 radical (unpaired) electrons. The van der Waals surface area contributed by atoms with E-state index >= 15 is 0 Å². The minimum Gasteiger partial charge on any atom is -0.228 e. The highest BCUT2D eigenvalue weighted by Crippen LogP contribution is 2.21. The molecular formula is C6H8F3NO2S. The first-order valence-electron chi connectivity index (χ1n) is 3.41. The van der Waals surface area contributed by atoms with Crippen molar-refractivity contribution in [1.82, 2.24) is 0 Å². The van der Waals surface area contributed by atoms with E-state index in [1.54, 1.807) is 0 Å². The molecule has 0 unspecified atom stereocenters. The molecular weight excluding hydrogens is 207 g/mol. The normalized spacial score (nSPS) is 12.5. The number of hydrogen-bond donors (Lipinski definition) is 0. The van der Waals surface area contributed by atoms with Crippen LogP contribution in [0.5, 0.6) is 0 Å². The molecule has 0 N–H and O–H groups in total. The molecule has 0 aromatic heterocycles. The van der Waals surface area contributed by atoms with E-state index in [4.69, 9.17) is 5.26 Å². The third kappa shape index (κ3) is 7.59. The summed E-state index contributed by atoms with van der Waals surface area (Å²) in [5, 5.41) is 8.01. The zero-order valence-corrected chi connectivity index (χ0v) is 7.45. The summed E-state index contributed by atoms with van der Waals surface area (Å²) in [6, 6.07) is 1.39. The highest BCUT2D eigenvalue weighted by molar-refractivity contribution is 7.91. The molecule has 0 fully saturated rings. The molecule has 0 aliphatic rings. The van der Waals surface area contributed by atoms with E-state index in [0.717, 1.165) is 0 Å². The summed E-state index contributed by atoms with van der Waals surface area (Å²) >= 11 is 0. The van der Waals surface area contributed by atoms with Crippen LogP contribution < -0.4 is 0 Å². The molecule has 0 aromatic carbocycles. The minimum absolute atomic E-state index is 0.479. The molecule has 0 saturated heterocycles. The molecule has 0 bridgehead atoms. The smallest absolute Gasteiger partial charge is 0.228 e. The summed E-state index contributed by atoms with van der Waals surface area (Å²) in [6.45, 7) is 0. The van der Waals surface area contributed by atoms with Gasteiger partial charge in [-0.1, -0.05) is 0 Å². The van der Waals surface area contributed by atoms with Gasteiger partial charge in [0.05, 0.1) is 11.8 Å². The Morgan fingerprint density at radius 3 is 2.23 bits per heavy atom. The van der Waals surface area contributed by atoms with E-state index in [0.29, 0.717) is 0 Å². The van der Waals surface area contributed by atoms with Crippen molar-refractivity contribution in [3.63, 3.8) is 0 Å². The van der Waals surface area contributed by atoms with Crippen LogP contribution in [0.4, 0.5) is 13.2 Å². The second kappa shape index (κ2) is 4.46. The van der Waals surface area contributed by atoms with E-state index in [1.165, 1.54) is 6.07 Å². The summed E-state index contributed by atoms with van der Waals surface area (Å²) in [5.74, 6) is -1.30. The van der Waals surface area contributed by atoms with Crippen molar-refractivity contribution in [2.24, 2.45) is 0 Å². The summed E-state index contributed by atoms with van der Waals surface area (Å²) in [4.78, 5) is 0. The number of halogens is 3. The first-order chi connectivity index (χ1) is 5.77. The molecule has 0 aromatic rings. The van der Waals surface area contributed by atoms with E-state index in [-0.39, 0.29) is 0 Å². The van der Waals surface area contributed by atoms with Crippen LogP contribution in [-0.2, 0) is 9.84 Å². The van der Waals surface area contributed by atoms with Crippen LogP contribution in [0.2, 0.25) is 0 Å². The van der Waals surface area contributed by atoms with Crippen LogP contribution in [-0.4, -0.2) is 26.1 Å². The van der Waals surface area contributed by atoms with Gasteiger partial charge in [-0.3, -0.25) is 0 Å². The summed E-state index contributed by atoms with van der Waals surface area (Å²) in [6.07, 6.45) is -5.94. The van der Waals surface area contributed by atoms with Crippen LogP contribution >= 0.6 is 0 Å². The van der Waals surface area contributed by atoms with Gasteiger partial charge < -0.3 is 0 Å². The van der Waals surface area contributed by atoms with E-state index in [1.807, 2.05) is 0 Å². The van der Waals surface area contributed by atoms with Crippen LogP contribution in [0.3, 0.4) is 0 Å². The SMILES string of the molecule is N#CCS(=O)(=O)CCCC(F)(F)F. The maximum Gasteiger partial charge on any atom is 0.389 e. The lowest BCUT2D eigenvalue weighted by Crippen LogP contribution is -2.14. The first kappa shape index (κ1) is 12.2. The van der Waals surface area contributed by atoms with Crippen molar-refractivity contribution < 1.29 is 21.6 Å². The molecule has 13 heavy (non-hydrogen) atoms. The third-order valence-electron chi connectivity index (χ3n) is 1.20. The predicted molar refractivity (Wildman–Crippen MR) is 39.6 cm³/mol. The first-order valence-corrected chi connectivity index (χ1v) is 5.23. The predicted octanol–water partition coefficient (Wildman–Crippen LogP) is 1.27. The summed E-state index contributed by atoms with van der Waals surface area (Å²) in [5.41, 5.74) is 0. The van der Waals surface area contributed by atoms with Crippen molar-refractivity contribution >= 4 is 9.84 Å². The second-order valence-corrected chi connectivity index (χ2v) is 4.65. The summed E-state index contributed by atoms with van der Waals surface area (Å²) < 4.78 is 56.1. The molecule has 0 heterocycles. The van der Waals surface area contributed by atoms with Crippen LogP contribution in [0.15, 0.2) is 0 Å². The highest BCUT2D eigenvalue weighted by atomic mass is 32.2. The molecule has 3 nitrogen and oxygen atoms in total. The van der Waals surface area contributed by atoms with Crippen molar-refractivity contribution in [2.45, 2.75) is 19.0 Å². The number of rotatable bonds is 4. The average molecular weight is 215 g/mol. The zero-order chi connectivity index (χ0) is 10.5. The second-order valence-electron chi connectivity index (χ2n) is 2.47. The van der Waals surface area contributed by atoms with Gasteiger partial charge in [0.15, 0.2) is 9.84 Å². The lowest BCUT2D eigenvalue weighted by atomic mass is 10.3. The maximum absolute atomic E-state index is 11.6. The largest absolute Gasteiger partial charge is 0.389 e. The van der Waals surface area contributed by atoms with Gasteiger partial charge in [0.25, 0.3) is 0 Å². The fraction of sp³-hybridized carbons (Fsp3) is 0.833. The Bertz CT molecular complexity index is 288. The molecule has 0 saturated carbocycles. The quantitative estimate of drug-likeness (QED) is 0.709. The molecule has 0 atom stereocenters. The van der Waals surface area contributed by atoms with Gasteiger partial charge in [0, 0.05) is 6.42 Å². The summed E-state index contributed by atoms with van der Waals surface area (Å²) in [7, 11) is -3.62. The Morgan fingerprint density at radius 2 is 1.85 bits per heavy atom. The number of sulfone groups is 1. The molecule has 0 aliphatic carbocycles. The van der Waals surface area contributed by atoms with Crippen LogP contribution in [0.25, 0.3) is 0 Å². The molecule has 7 heteroatoms.